The molecule has 7 heteroatoms. The van der Waals surface area contributed by atoms with Crippen molar-refractivity contribution in [2.45, 2.75) is 19.8 Å². The van der Waals surface area contributed by atoms with Crippen LogP contribution in [0.3, 0.4) is 0 Å². The zero-order valence-corrected chi connectivity index (χ0v) is 16.0. The van der Waals surface area contributed by atoms with Gasteiger partial charge in [-0.25, -0.2) is 4.79 Å². The maximum Gasteiger partial charge on any atom is 0.357 e. The molecule has 0 spiro atoms. The number of aromatic nitrogens is 2. The number of anilines is 1. The van der Waals surface area contributed by atoms with E-state index in [1.165, 1.54) is 0 Å². The van der Waals surface area contributed by atoms with Gasteiger partial charge >= 0.3 is 5.97 Å². The predicted octanol–water partition coefficient (Wildman–Crippen LogP) is 2.58. The fourth-order valence-corrected chi connectivity index (χ4v) is 3.24. The number of nitrogens with zero attached hydrogens (tertiary/aromatic N) is 5. The lowest BCUT2D eigenvalue weighted by Crippen LogP contribution is -2.47. The number of aryl methyl sites for hydroxylation is 1. The second-order valence-corrected chi connectivity index (χ2v) is 7.06. The van der Waals surface area contributed by atoms with E-state index in [2.05, 4.69) is 16.1 Å². The second-order valence-electron chi connectivity index (χ2n) is 7.06. The van der Waals surface area contributed by atoms with E-state index < -0.39 is 0 Å². The lowest BCUT2D eigenvalue weighted by atomic mass is 9.94. The molecule has 142 valence electrons. The highest BCUT2D eigenvalue weighted by Crippen LogP contribution is 2.26. The average molecular weight is 367 g/mol. The quantitative estimate of drug-likeness (QED) is 0.809. The predicted molar refractivity (Wildman–Crippen MR) is 102 cm³/mol. The van der Waals surface area contributed by atoms with Crippen molar-refractivity contribution in [3.63, 3.8) is 0 Å². The third-order valence-corrected chi connectivity index (χ3v) is 4.78. The number of nitriles is 1. The maximum absolute atomic E-state index is 12.2. The van der Waals surface area contributed by atoms with Crippen LogP contribution in [-0.4, -0.2) is 47.0 Å². The molecular weight excluding hydrogens is 342 g/mol. The first-order valence-electron chi connectivity index (χ1n) is 9.20. The molecule has 1 saturated heterocycles. The van der Waals surface area contributed by atoms with E-state index in [1.807, 2.05) is 49.8 Å². The number of piperazine rings is 1. The number of benzene rings is 1. The Kier molecular flexibility index (Phi) is 5.77. The summed E-state index contributed by atoms with van der Waals surface area (Å²) < 4.78 is 1.83. The van der Waals surface area contributed by atoms with Gasteiger partial charge in [0.05, 0.1) is 36.3 Å². The van der Waals surface area contributed by atoms with Gasteiger partial charge in [0.2, 0.25) is 0 Å². The number of carbonyl (C=O) groups is 1. The monoisotopic (exact) mass is 367 g/mol. The second kappa shape index (κ2) is 8.23. The molecule has 0 radical (unpaired) electrons. The number of carbonyl (C=O) groups excluding carboxylic acids is 1. The van der Waals surface area contributed by atoms with Crippen LogP contribution in [0.2, 0.25) is 0 Å². The van der Waals surface area contributed by atoms with Crippen LogP contribution >= 0.6 is 0 Å². The highest BCUT2D eigenvalue weighted by Gasteiger charge is 2.25. The van der Waals surface area contributed by atoms with Crippen LogP contribution in [0.25, 0.3) is 0 Å². The van der Waals surface area contributed by atoms with Gasteiger partial charge in [-0.15, -0.1) is 5.06 Å². The standard InChI is InChI=1S/C20H25N5O2/c1-15(2)17(14-21)18-13-19(23(3)22-18)24-9-11-25(12-10-24)27-20(26)16-7-5-4-6-8-16/h4-8,13,15,17H,9-12H2,1-3H3. The number of hydrogen-bond acceptors (Lipinski definition) is 6. The summed E-state index contributed by atoms with van der Waals surface area (Å²) in [6, 6.07) is 13.3. The molecule has 7 nitrogen and oxygen atoms in total. The topological polar surface area (TPSA) is 74.4 Å². The van der Waals surface area contributed by atoms with Crippen molar-refractivity contribution < 1.29 is 9.63 Å². The summed E-state index contributed by atoms with van der Waals surface area (Å²) in [6.45, 7) is 6.74. The molecule has 1 atom stereocenters. The van der Waals surface area contributed by atoms with E-state index in [4.69, 9.17) is 4.84 Å². The van der Waals surface area contributed by atoms with Crippen LogP contribution in [0.5, 0.6) is 0 Å². The van der Waals surface area contributed by atoms with Crippen LogP contribution < -0.4 is 4.90 Å². The molecule has 1 aromatic carbocycles. The summed E-state index contributed by atoms with van der Waals surface area (Å²) in [5.74, 6) is 0.658. The van der Waals surface area contributed by atoms with E-state index in [9.17, 15) is 10.1 Å². The van der Waals surface area contributed by atoms with Gasteiger partial charge in [0.15, 0.2) is 0 Å². The van der Waals surface area contributed by atoms with Gasteiger partial charge in [0, 0.05) is 26.2 Å². The molecule has 0 saturated carbocycles. The van der Waals surface area contributed by atoms with E-state index in [-0.39, 0.29) is 17.8 Å². The maximum atomic E-state index is 12.2. The largest absolute Gasteiger partial charge is 0.364 e. The van der Waals surface area contributed by atoms with Crippen LogP contribution in [0, 0.1) is 17.2 Å². The molecule has 2 aromatic rings. The summed E-state index contributed by atoms with van der Waals surface area (Å²) in [5, 5.41) is 15.6. The Balaban J connectivity index is 1.60. The highest BCUT2D eigenvalue weighted by molar-refractivity contribution is 5.89. The first kappa shape index (κ1) is 18.9. The third-order valence-electron chi connectivity index (χ3n) is 4.78. The lowest BCUT2D eigenvalue weighted by molar-refractivity contribution is -0.112. The molecule has 1 unspecified atom stereocenters. The highest BCUT2D eigenvalue weighted by atomic mass is 16.7. The molecule has 3 rings (SSSR count). The van der Waals surface area contributed by atoms with Crippen molar-refractivity contribution in [1.82, 2.24) is 14.8 Å². The van der Waals surface area contributed by atoms with E-state index >= 15 is 0 Å². The minimum absolute atomic E-state index is 0.210. The van der Waals surface area contributed by atoms with E-state index in [1.54, 1.807) is 17.2 Å². The fourth-order valence-electron chi connectivity index (χ4n) is 3.24. The molecule has 1 aliphatic rings. The molecule has 1 aromatic heterocycles. The number of hydrogen-bond donors (Lipinski definition) is 0. The van der Waals surface area contributed by atoms with Gasteiger partial charge in [-0.2, -0.15) is 10.4 Å². The van der Waals surface area contributed by atoms with E-state index in [0.717, 1.165) is 24.6 Å². The molecule has 2 heterocycles. The van der Waals surface area contributed by atoms with E-state index in [0.29, 0.717) is 18.7 Å². The van der Waals surface area contributed by atoms with Crippen molar-refractivity contribution in [3.8, 4) is 6.07 Å². The minimum atomic E-state index is -0.333. The Morgan fingerprint density at radius 3 is 2.44 bits per heavy atom. The molecule has 0 N–H and O–H groups in total. The zero-order valence-electron chi connectivity index (χ0n) is 16.0. The van der Waals surface area contributed by atoms with Crippen molar-refractivity contribution in [3.05, 3.63) is 47.7 Å². The van der Waals surface area contributed by atoms with Gasteiger partial charge in [-0.1, -0.05) is 32.0 Å². The summed E-state index contributed by atoms with van der Waals surface area (Å²) in [7, 11) is 1.90. The van der Waals surface area contributed by atoms with Crippen LogP contribution in [-0.2, 0) is 11.9 Å². The van der Waals surface area contributed by atoms with Crippen LogP contribution in [0.4, 0.5) is 5.82 Å². The van der Waals surface area contributed by atoms with Gasteiger partial charge in [-0.05, 0) is 18.1 Å². The van der Waals surface area contributed by atoms with Crippen LogP contribution in [0.1, 0.15) is 35.8 Å². The van der Waals surface area contributed by atoms with Crippen LogP contribution in [0.15, 0.2) is 36.4 Å². The fraction of sp³-hybridized carbons (Fsp3) is 0.450. The van der Waals surface area contributed by atoms with Gasteiger partial charge in [-0.3, -0.25) is 4.68 Å². The molecule has 0 amide bonds. The molecule has 0 bridgehead atoms. The van der Waals surface area contributed by atoms with Crippen molar-refractivity contribution >= 4 is 11.8 Å². The molecule has 27 heavy (non-hydrogen) atoms. The number of hydroxylamine groups is 2. The Hall–Kier alpha value is -2.85. The SMILES string of the molecule is CC(C)C(C#N)c1cc(N2CCN(OC(=O)c3ccccc3)CC2)n(C)n1. The van der Waals surface area contributed by atoms with Crippen molar-refractivity contribution in [1.29, 1.82) is 5.26 Å². The molecule has 0 aliphatic carbocycles. The Bertz CT molecular complexity index is 817. The Labute approximate surface area is 159 Å². The summed E-state index contributed by atoms with van der Waals surface area (Å²) in [4.78, 5) is 19.9. The zero-order chi connectivity index (χ0) is 19.4. The normalized spacial score (nSPS) is 16.2. The molecule has 1 fully saturated rings. The minimum Gasteiger partial charge on any atom is -0.364 e. The summed E-state index contributed by atoms with van der Waals surface area (Å²) in [6.07, 6.45) is 0. The van der Waals surface area contributed by atoms with Crippen molar-refractivity contribution in [2.24, 2.45) is 13.0 Å². The lowest BCUT2D eigenvalue weighted by Gasteiger charge is -2.34. The third kappa shape index (κ3) is 4.29. The van der Waals surface area contributed by atoms with Crippen molar-refractivity contribution in [2.75, 3.05) is 31.1 Å². The summed E-state index contributed by atoms with van der Waals surface area (Å²) >= 11 is 0. The first-order chi connectivity index (χ1) is 13.0. The van der Waals surface area contributed by atoms with Gasteiger partial charge in [0.1, 0.15) is 5.82 Å². The first-order valence-corrected chi connectivity index (χ1v) is 9.20. The smallest absolute Gasteiger partial charge is 0.357 e. The summed E-state index contributed by atoms with van der Waals surface area (Å²) in [5.41, 5.74) is 1.36. The average Bonchev–Trinajstić information content (AvgIpc) is 3.04. The van der Waals surface area contributed by atoms with Gasteiger partial charge in [0.25, 0.3) is 0 Å². The number of rotatable bonds is 5. The van der Waals surface area contributed by atoms with Gasteiger partial charge < -0.3 is 9.74 Å². The Morgan fingerprint density at radius 2 is 1.85 bits per heavy atom. The molecule has 1 aliphatic heterocycles. The molecular formula is C20H25N5O2. The Morgan fingerprint density at radius 1 is 1.19 bits per heavy atom.